The summed E-state index contributed by atoms with van der Waals surface area (Å²) >= 11 is 0. The molecular formula is C12H16N2O2. The maximum Gasteiger partial charge on any atom is 0.222 e. The van der Waals surface area contributed by atoms with Crippen molar-refractivity contribution in [2.75, 3.05) is 13.1 Å². The van der Waals surface area contributed by atoms with E-state index in [-0.39, 0.29) is 18.5 Å². The van der Waals surface area contributed by atoms with Gasteiger partial charge in [0.1, 0.15) is 0 Å². The van der Waals surface area contributed by atoms with Crippen LogP contribution in [0.4, 0.5) is 0 Å². The van der Waals surface area contributed by atoms with E-state index in [1.54, 1.807) is 12.5 Å². The maximum atomic E-state index is 11.2. The van der Waals surface area contributed by atoms with Crippen molar-refractivity contribution >= 4 is 5.91 Å². The van der Waals surface area contributed by atoms with Crippen LogP contribution in [0.15, 0.2) is 23.0 Å². The van der Waals surface area contributed by atoms with Crippen LogP contribution in [0.25, 0.3) is 0 Å². The van der Waals surface area contributed by atoms with Crippen LogP contribution in [0.5, 0.6) is 0 Å². The first-order chi connectivity index (χ1) is 7.74. The van der Waals surface area contributed by atoms with E-state index in [1.165, 1.54) is 0 Å². The Morgan fingerprint density at radius 3 is 3.12 bits per heavy atom. The summed E-state index contributed by atoms with van der Waals surface area (Å²) in [6.07, 6.45) is 8.77. The second-order valence-corrected chi connectivity index (χ2v) is 3.46. The zero-order valence-electron chi connectivity index (χ0n) is 9.32. The van der Waals surface area contributed by atoms with Gasteiger partial charge in [0.05, 0.1) is 19.1 Å². The predicted octanol–water partition coefficient (Wildman–Crippen LogP) is 1.07. The standard InChI is InChI=1S/C12H16N2O2/c1-3-6-14-12(15)4-7-13-10(2)11-5-8-16-9-11/h1,5,8-10,13H,4,6-7H2,2H3,(H,14,15). The molecule has 0 fully saturated rings. The average molecular weight is 220 g/mol. The summed E-state index contributed by atoms with van der Waals surface area (Å²) in [5.41, 5.74) is 1.07. The van der Waals surface area contributed by atoms with Gasteiger partial charge in [-0.3, -0.25) is 4.79 Å². The molecule has 1 heterocycles. The van der Waals surface area contributed by atoms with E-state index in [4.69, 9.17) is 10.8 Å². The molecule has 16 heavy (non-hydrogen) atoms. The minimum Gasteiger partial charge on any atom is -0.472 e. The first-order valence-corrected chi connectivity index (χ1v) is 5.19. The van der Waals surface area contributed by atoms with E-state index >= 15 is 0 Å². The summed E-state index contributed by atoms with van der Waals surface area (Å²) in [6.45, 7) is 2.92. The summed E-state index contributed by atoms with van der Waals surface area (Å²) in [5.74, 6) is 2.32. The van der Waals surface area contributed by atoms with Crippen molar-refractivity contribution < 1.29 is 9.21 Å². The third-order valence-corrected chi connectivity index (χ3v) is 2.23. The minimum atomic E-state index is -0.0372. The number of nitrogens with one attached hydrogen (secondary N) is 2. The lowest BCUT2D eigenvalue weighted by molar-refractivity contribution is -0.120. The van der Waals surface area contributed by atoms with Gasteiger partial charge in [0.2, 0.25) is 5.91 Å². The summed E-state index contributed by atoms with van der Waals surface area (Å²) in [7, 11) is 0. The molecule has 0 aliphatic heterocycles. The number of carbonyl (C=O) groups excluding carboxylic acids is 1. The SMILES string of the molecule is C#CCNC(=O)CCNC(C)c1ccoc1. The van der Waals surface area contributed by atoms with E-state index in [1.807, 2.05) is 13.0 Å². The molecule has 1 aromatic heterocycles. The summed E-state index contributed by atoms with van der Waals surface area (Å²) in [4.78, 5) is 11.2. The number of hydrogen-bond donors (Lipinski definition) is 2. The van der Waals surface area contributed by atoms with Gasteiger partial charge in [0.25, 0.3) is 0 Å². The Hall–Kier alpha value is -1.73. The fourth-order valence-electron chi connectivity index (χ4n) is 1.28. The molecule has 0 aromatic carbocycles. The lowest BCUT2D eigenvalue weighted by atomic mass is 10.2. The van der Waals surface area contributed by atoms with Gasteiger partial charge >= 0.3 is 0 Å². The van der Waals surface area contributed by atoms with Crippen LogP contribution < -0.4 is 10.6 Å². The van der Waals surface area contributed by atoms with Gasteiger partial charge in [-0.2, -0.15) is 0 Å². The fraction of sp³-hybridized carbons (Fsp3) is 0.417. The van der Waals surface area contributed by atoms with Gasteiger partial charge in [-0.1, -0.05) is 5.92 Å². The van der Waals surface area contributed by atoms with Crippen LogP contribution in [-0.2, 0) is 4.79 Å². The maximum absolute atomic E-state index is 11.2. The molecule has 0 spiro atoms. The number of rotatable bonds is 6. The van der Waals surface area contributed by atoms with E-state index in [0.29, 0.717) is 13.0 Å². The zero-order chi connectivity index (χ0) is 11.8. The van der Waals surface area contributed by atoms with Crippen LogP contribution in [0.3, 0.4) is 0 Å². The highest BCUT2D eigenvalue weighted by Gasteiger charge is 2.06. The van der Waals surface area contributed by atoms with Crippen molar-refractivity contribution in [1.29, 1.82) is 0 Å². The van der Waals surface area contributed by atoms with Gasteiger partial charge in [0.15, 0.2) is 0 Å². The average Bonchev–Trinajstić information content (AvgIpc) is 2.79. The third kappa shape index (κ3) is 4.20. The molecule has 4 heteroatoms. The molecular weight excluding hydrogens is 204 g/mol. The third-order valence-electron chi connectivity index (χ3n) is 2.23. The molecule has 0 radical (unpaired) electrons. The van der Waals surface area contributed by atoms with Gasteiger partial charge in [-0.25, -0.2) is 0 Å². The zero-order valence-corrected chi connectivity index (χ0v) is 9.32. The van der Waals surface area contributed by atoms with E-state index < -0.39 is 0 Å². The van der Waals surface area contributed by atoms with E-state index in [9.17, 15) is 4.79 Å². The first-order valence-electron chi connectivity index (χ1n) is 5.19. The normalized spacial score (nSPS) is 11.8. The van der Waals surface area contributed by atoms with Crippen molar-refractivity contribution in [3.8, 4) is 12.3 Å². The van der Waals surface area contributed by atoms with Crippen LogP contribution in [0.2, 0.25) is 0 Å². The Bertz CT molecular complexity index is 352. The number of hydrogen-bond acceptors (Lipinski definition) is 3. The highest BCUT2D eigenvalue weighted by Crippen LogP contribution is 2.11. The second kappa shape index (κ2) is 6.70. The van der Waals surface area contributed by atoms with Crippen molar-refractivity contribution in [2.45, 2.75) is 19.4 Å². The molecule has 86 valence electrons. The highest BCUT2D eigenvalue weighted by atomic mass is 16.3. The lowest BCUT2D eigenvalue weighted by Gasteiger charge is -2.11. The molecule has 1 rings (SSSR count). The van der Waals surface area contributed by atoms with Crippen molar-refractivity contribution in [1.82, 2.24) is 10.6 Å². The highest BCUT2D eigenvalue weighted by molar-refractivity contribution is 5.76. The van der Waals surface area contributed by atoms with Gasteiger partial charge in [-0.15, -0.1) is 6.42 Å². The van der Waals surface area contributed by atoms with Crippen LogP contribution >= 0.6 is 0 Å². The molecule has 1 unspecified atom stereocenters. The second-order valence-electron chi connectivity index (χ2n) is 3.46. The number of furan rings is 1. The Morgan fingerprint density at radius 1 is 1.69 bits per heavy atom. The number of terminal acetylenes is 1. The quantitative estimate of drug-likeness (QED) is 0.705. The van der Waals surface area contributed by atoms with Crippen molar-refractivity contribution in [3.63, 3.8) is 0 Å². The molecule has 2 N–H and O–H groups in total. The molecule has 0 bridgehead atoms. The Balaban J connectivity index is 2.16. The Labute approximate surface area is 95.4 Å². The molecule has 0 aliphatic carbocycles. The predicted molar refractivity (Wildman–Crippen MR) is 61.6 cm³/mol. The first kappa shape index (κ1) is 12.3. The summed E-state index contributed by atoms with van der Waals surface area (Å²) in [6, 6.07) is 2.08. The smallest absolute Gasteiger partial charge is 0.222 e. The molecule has 1 atom stereocenters. The molecule has 0 saturated carbocycles. The topological polar surface area (TPSA) is 54.3 Å². The molecule has 1 aromatic rings. The van der Waals surface area contributed by atoms with E-state index in [0.717, 1.165) is 5.56 Å². The molecule has 0 aliphatic rings. The number of amides is 1. The molecule has 1 amide bonds. The Morgan fingerprint density at radius 2 is 2.50 bits per heavy atom. The fourth-order valence-corrected chi connectivity index (χ4v) is 1.28. The Kier molecular flexibility index (Phi) is 5.17. The van der Waals surface area contributed by atoms with Gasteiger partial charge in [0, 0.05) is 24.6 Å². The van der Waals surface area contributed by atoms with Crippen molar-refractivity contribution in [3.05, 3.63) is 24.2 Å². The van der Waals surface area contributed by atoms with Gasteiger partial charge < -0.3 is 15.1 Å². The molecule has 4 nitrogen and oxygen atoms in total. The summed E-state index contributed by atoms with van der Waals surface area (Å²) in [5, 5.41) is 5.83. The van der Waals surface area contributed by atoms with E-state index in [2.05, 4.69) is 16.6 Å². The van der Waals surface area contributed by atoms with Gasteiger partial charge in [-0.05, 0) is 13.0 Å². The number of carbonyl (C=O) groups is 1. The molecule has 0 saturated heterocycles. The largest absolute Gasteiger partial charge is 0.472 e. The minimum absolute atomic E-state index is 0.0372. The monoisotopic (exact) mass is 220 g/mol. The van der Waals surface area contributed by atoms with Crippen LogP contribution in [0, 0.1) is 12.3 Å². The van der Waals surface area contributed by atoms with Crippen LogP contribution in [0.1, 0.15) is 24.9 Å². The lowest BCUT2D eigenvalue weighted by Crippen LogP contribution is -2.28. The van der Waals surface area contributed by atoms with Crippen LogP contribution in [-0.4, -0.2) is 19.0 Å². The van der Waals surface area contributed by atoms with Crippen molar-refractivity contribution in [2.24, 2.45) is 0 Å². The summed E-state index contributed by atoms with van der Waals surface area (Å²) < 4.78 is 4.97.